The summed E-state index contributed by atoms with van der Waals surface area (Å²) in [7, 11) is 1.84. The highest BCUT2D eigenvalue weighted by molar-refractivity contribution is 5.79. The number of aliphatic imine (C=N–C) groups is 1. The summed E-state index contributed by atoms with van der Waals surface area (Å²) in [4.78, 5) is 6.79. The van der Waals surface area contributed by atoms with Gasteiger partial charge in [-0.1, -0.05) is 12.8 Å². The molecule has 1 aliphatic heterocycles. The van der Waals surface area contributed by atoms with Gasteiger partial charge in [0.25, 0.3) is 0 Å². The molecule has 1 saturated heterocycles. The highest BCUT2D eigenvalue weighted by Gasteiger charge is 2.28. The summed E-state index contributed by atoms with van der Waals surface area (Å²) in [6.45, 7) is 10.2. The molecule has 0 amide bonds. The molecule has 5 nitrogen and oxygen atoms in total. The normalized spacial score (nSPS) is 21.9. The Labute approximate surface area is 123 Å². The largest absolute Gasteiger partial charge is 0.379 e. The lowest BCUT2D eigenvalue weighted by atomic mass is 10.0. The zero-order chi connectivity index (χ0) is 14.4. The summed E-state index contributed by atoms with van der Waals surface area (Å²) in [5, 5.41) is 6.87. The molecule has 0 aromatic rings. The van der Waals surface area contributed by atoms with Gasteiger partial charge in [0.2, 0.25) is 0 Å². The van der Waals surface area contributed by atoms with Gasteiger partial charge in [0, 0.05) is 38.8 Å². The van der Waals surface area contributed by atoms with Crippen molar-refractivity contribution in [2.75, 3.05) is 46.4 Å². The summed E-state index contributed by atoms with van der Waals surface area (Å²) in [5.41, 5.74) is 0.123. The highest BCUT2D eigenvalue weighted by atomic mass is 16.5. The van der Waals surface area contributed by atoms with Gasteiger partial charge in [-0.05, 0) is 26.2 Å². The minimum atomic E-state index is 0.123. The Morgan fingerprint density at radius 1 is 1.25 bits per heavy atom. The van der Waals surface area contributed by atoms with E-state index in [0.717, 1.165) is 51.3 Å². The van der Waals surface area contributed by atoms with E-state index in [9.17, 15) is 0 Å². The van der Waals surface area contributed by atoms with E-state index in [0.29, 0.717) is 0 Å². The maximum absolute atomic E-state index is 5.42. The molecule has 1 saturated carbocycles. The van der Waals surface area contributed by atoms with Crippen molar-refractivity contribution >= 4 is 5.96 Å². The zero-order valence-corrected chi connectivity index (χ0v) is 13.2. The molecule has 0 unspecified atom stereocenters. The third kappa shape index (κ3) is 4.94. The standard InChI is InChI=1S/C15H30N4O/c1-15(2,19-8-10-20-11-9-19)12-18-14(16-3)17-7-6-13-4-5-13/h13H,4-12H2,1-3H3,(H2,16,17,18). The molecule has 2 fully saturated rings. The number of morpholine rings is 1. The lowest BCUT2D eigenvalue weighted by Crippen LogP contribution is -2.56. The van der Waals surface area contributed by atoms with Crippen molar-refractivity contribution in [2.24, 2.45) is 10.9 Å². The molecule has 116 valence electrons. The molecule has 1 aliphatic carbocycles. The number of hydrogen-bond acceptors (Lipinski definition) is 3. The van der Waals surface area contributed by atoms with Gasteiger partial charge in [0.05, 0.1) is 13.2 Å². The van der Waals surface area contributed by atoms with Crippen LogP contribution in [0.2, 0.25) is 0 Å². The van der Waals surface area contributed by atoms with E-state index in [1.807, 2.05) is 7.05 Å². The van der Waals surface area contributed by atoms with Gasteiger partial charge in [-0.15, -0.1) is 0 Å². The van der Waals surface area contributed by atoms with Gasteiger partial charge in [-0.25, -0.2) is 0 Å². The predicted molar refractivity (Wildman–Crippen MR) is 83.2 cm³/mol. The molecule has 2 N–H and O–H groups in total. The van der Waals surface area contributed by atoms with Crippen LogP contribution in [0.15, 0.2) is 4.99 Å². The van der Waals surface area contributed by atoms with Crippen LogP contribution in [-0.4, -0.2) is 62.8 Å². The lowest BCUT2D eigenvalue weighted by molar-refractivity contribution is -0.00833. The lowest BCUT2D eigenvalue weighted by Gasteiger charge is -2.41. The van der Waals surface area contributed by atoms with Crippen molar-refractivity contribution in [3.8, 4) is 0 Å². The Bertz CT molecular complexity index is 320. The van der Waals surface area contributed by atoms with E-state index in [2.05, 4.69) is 34.4 Å². The van der Waals surface area contributed by atoms with E-state index >= 15 is 0 Å². The molecule has 0 radical (unpaired) electrons. The van der Waals surface area contributed by atoms with E-state index in [1.165, 1.54) is 19.3 Å². The fourth-order valence-corrected chi connectivity index (χ4v) is 2.60. The number of nitrogens with one attached hydrogen (secondary N) is 2. The van der Waals surface area contributed by atoms with Gasteiger partial charge in [0.15, 0.2) is 5.96 Å². The van der Waals surface area contributed by atoms with Gasteiger partial charge < -0.3 is 15.4 Å². The van der Waals surface area contributed by atoms with Crippen LogP contribution < -0.4 is 10.6 Å². The number of hydrogen-bond donors (Lipinski definition) is 2. The minimum absolute atomic E-state index is 0.123. The van der Waals surface area contributed by atoms with E-state index in [4.69, 9.17) is 4.74 Å². The van der Waals surface area contributed by atoms with Gasteiger partial charge in [-0.2, -0.15) is 0 Å². The van der Waals surface area contributed by atoms with Crippen LogP contribution >= 0.6 is 0 Å². The number of nitrogens with zero attached hydrogens (tertiary/aromatic N) is 2. The number of guanidine groups is 1. The Balaban J connectivity index is 1.69. The molecule has 1 heterocycles. The fraction of sp³-hybridized carbons (Fsp3) is 0.933. The molecule has 0 aromatic heterocycles. The smallest absolute Gasteiger partial charge is 0.191 e. The Hall–Kier alpha value is -0.810. The molecule has 2 aliphatic rings. The van der Waals surface area contributed by atoms with Crippen LogP contribution in [0.1, 0.15) is 33.1 Å². The Kier molecular flexibility index (Phi) is 5.66. The van der Waals surface area contributed by atoms with Crippen LogP contribution in [-0.2, 0) is 4.74 Å². The second-order valence-electron chi connectivity index (χ2n) is 6.50. The maximum Gasteiger partial charge on any atom is 0.191 e. The number of rotatable bonds is 6. The third-order valence-electron chi connectivity index (χ3n) is 4.32. The van der Waals surface area contributed by atoms with Crippen molar-refractivity contribution in [2.45, 2.75) is 38.6 Å². The van der Waals surface area contributed by atoms with Gasteiger partial charge >= 0.3 is 0 Å². The van der Waals surface area contributed by atoms with Crippen molar-refractivity contribution < 1.29 is 4.74 Å². The summed E-state index contributed by atoms with van der Waals surface area (Å²) >= 11 is 0. The highest BCUT2D eigenvalue weighted by Crippen LogP contribution is 2.31. The topological polar surface area (TPSA) is 48.9 Å². The van der Waals surface area contributed by atoms with Crippen molar-refractivity contribution in [3.63, 3.8) is 0 Å². The predicted octanol–water partition coefficient (Wildman–Crippen LogP) is 1.06. The Morgan fingerprint density at radius 2 is 1.95 bits per heavy atom. The average Bonchev–Trinajstić information content (AvgIpc) is 3.28. The van der Waals surface area contributed by atoms with Crippen molar-refractivity contribution in [1.82, 2.24) is 15.5 Å². The van der Waals surface area contributed by atoms with Crippen LogP contribution in [0.3, 0.4) is 0 Å². The van der Waals surface area contributed by atoms with Crippen LogP contribution in [0.5, 0.6) is 0 Å². The molecule has 0 bridgehead atoms. The first kappa shape index (κ1) is 15.6. The third-order valence-corrected chi connectivity index (χ3v) is 4.32. The van der Waals surface area contributed by atoms with Crippen molar-refractivity contribution in [3.05, 3.63) is 0 Å². The molecule has 20 heavy (non-hydrogen) atoms. The molecular weight excluding hydrogens is 252 g/mol. The molecule has 2 rings (SSSR count). The van der Waals surface area contributed by atoms with E-state index in [1.54, 1.807) is 0 Å². The van der Waals surface area contributed by atoms with Crippen LogP contribution in [0, 0.1) is 5.92 Å². The molecule has 0 spiro atoms. The van der Waals surface area contributed by atoms with Crippen LogP contribution in [0.25, 0.3) is 0 Å². The summed E-state index contributed by atoms with van der Waals surface area (Å²) < 4.78 is 5.42. The summed E-state index contributed by atoms with van der Waals surface area (Å²) in [6.07, 6.45) is 4.10. The first-order valence-corrected chi connectivity index (χ1v) is 7.89. The zero-order valence-electron chi connectivity index (χ0n) is 13.2. The minimum Gasteiger partial charge on any atom is -0.379 e. The quantitative estimate of drug-likeness (QED) is 0.565. The monoisotopic (exact) mass is 282 g/mol. The second kappa shape index (κ2) is 7.27. The van der Waals surface area contributed by atoms with Gasteiger partial charge in [-0.3, -0.25) is 9.89 Å². The molecule has 0 atom stereocenters. The van der Waals surface area contributed by atoms with E-state index < -0.39 is 0 Å². The second-order valence-corrected chi connectivity index (χ2v) is 6.50. The Morgan fingerprint density at radius 3 is 2.55 bits per heavy atom. The molecular formula is C15H30N4O. The SMILES string of the molecule is CN=C(NCCC1CC1)NCC(C)(C)N1CCOCC1. The number of ether oxygens (including phenoxy) is 1. The van der Waals surface area contributed by atoms with E-state index in [-0.39, 0.29) is 5.54 Å². The fourth-order valence-electron chi connectivity index (χ4n) is 2.60. The van der Waals surface area contributed by atoms with Crippen LogP contribution in [0.4, 0.5) is 0 Å². The maximum atomic E-state index is 5.42. The molecule has 0 aromatic carbocycles. The molecule has 5 heteroatoms. The summed E-state index contributed by atoms with van der Waals surface area (Å²) in [5.74, 6) is 1.89. The van der Waals surface area contributed by atoms with Crippen molar-refractivity contribution in [1.29, 1.82) is 0 Å². The first-order valence-electron chi connectivity index (χ1n) is 7.89. The summed E-state index contributed by atoms with van der Waals surface area (Å²) in [6, 6.07) is 0. The first-order chi connectivity index (χ1) is 9.62. The average molecular weight is 282 g/mol. The van der Waals surface area contributed by atoms with Gasteiger partial charge in [0.1, 0.15) is 0 Å².